The van der Waals surface area contributed by atoms with Crippen LogP contribution in [-0.2, 0) is 10.0 Å². The average molecular weight is 303 g/mol. The van der Waals surface area contributed by atoms with Gasteiger partial charge in [-0.1, -0.05) is 11.6 Å². The molecule has 0 radical (unpaired) electrons. The maximum absolute atomic E-state index is 12.2. The lowest BCUT2D eigenvalue weighted by atomic mass is 9.91. The Kier molecular flexibility index (Phi) is 3.85. The van der Waals surface area contributed by atoms with Crippen molar-refractivity contribution in [2.45, 2.75) is 30.2 Å². The second-order valence-electron chi connectivity index (χ2n) is 4.72. The molecule has 0 bridgehead atoms. The fourth-order valence-electron chi connectivity index (χ4n) is 1.99. The number of amides is 1. The summed E-state index contributed by atoms with van der Waals surface area (Å²) >= 11 is 5.84. The summed E-state index contributed by atoms with van der Waals surface area (Å²) in [5.74, 6) is -0.239. The van der Waals surface area contributed by atoms with Gasteiger partial charge >= 0.3 is 0 Å². The molecule has 0 spiro atoms. The zero-order chi connectivity index (χ0) is 14.2. The molecule has 1 aliphatic rings. The van der Waals surface area contributed by atoms with Gasteiger partial charge < -0.3 is 4.90 Å². The molecule has 1 aromatic rings. The standard InChI is InChI=1S/C12H15ClN2O3S/c1-15(10-3-2-4-10)12(16)8-5-9(13)7-11(6-8)19(14,17)18/h5-7,10H,2-4H2,1H3,(H2,14,17,18). The van der Waals surface area contributed by atoms with Gasteiger partial charge in [0.05, 0.1) is 4.90 Å². The van der Waals surface area contributed by atoms with Gasteiger partial charge in [0, 0.05) is 23.7 Å². The number of benzene rings is 1. The summed E-state index contributed by atoms with van der Waals surface area (Å²) in [7, 11) is -2.16. The first-order valence-electron chi connectivity index (χ1n) is 5.89. The van der Waals surface area contributed by atoms with Crippen LogP contribution in [0, 0.1) is 0 Å². The van der Waals surface area contributed by atoms with Crippen molar-refractivity contribution in [2.75, 3.05) is 7.05 Å². The molecule has 5 nitrogen and oxygen atoms in total. The first-order valence-corrected chi connectivity index (χ1v) is 7.82. The number of sulfonamides is 1. The van der Waals surface area contributed by atoms with E-state index in [1.807, 2.05) is 0 Å². The Balaban J connectivity index is 2.34. The number of halogens is 1. The molecule has 2 rings (SSSR count). The number of carbonyl (C=O) groups is 1. The summed E-state index contributed by atoms with van der Waals surface area (Å²) in [6.07, 6.45) is 3.07. The molecule has 19 heavy (non-hydrogen) atoms. The molecular weight excluding hydrogens is 288 g/mol. The van der Waals surface area contributed by atoms with Crippen molar-refractivity contribution in [3.8, 4) is 0 Å². The smallest absolute Gasteiger partial charge is 0.253 e. The quantitative estimate of drug-likeness (QED) is 0.921. The van der Waals surface area contributed by atoms with E-state index in [9.17, 15) is 13.2 Å². The zero-order valence-electron chi connectivity index (χ0n) is 10.5. The number of primary sulfonamides is 1. The summed E-state index contributed by atoms with van der Waals surface area (Å²) < 4.78 is 22.7. The van der Waals surface area contributed by atoms with Crippen molar-refractivity contribution in [3.05, 3.63) is 28.8 Å². The van der Waals surface area contributed by atoms with Crippen molar-refractivity contribution < 1.29 is 13.2 Å². The summed E-state index contributed by atoms with van der Waals surface area (Å²) in [5, 5.41) is 5.23. The van der Waals surface area contributed by atoms with Gasteiger partial charge in [0.15, 0.2) is 0 Å². The molecule has 0 heterocycles. The molecule has 1 saturated carbocycles. The third-order valence-electron chi connectivity index (χ3n) is 3.39. The first-order chi connectivity index (χ1) is 8.79. The third-order valence-corrected chi connectivity index (χ3v) is 4.50. The van der Waals surface area contributed by atoms with E-state index in [1.165, 1.54) is 18.2 Å². The highest BCUT2D eigenvalue weighted by Crippen LogP contribution is 2.26. The van der Waals surface area contributed by atoms with Crippen LogP contribution in [0.2, 0.25) is 5.02 Å². The summed E-state index contributed by atoms with van der Waals surface area (Å²) in [5.41, 5.74) is 0.242. The summed E-state index contributed by atoms with van der Waals surface area (Å²) in [4.78, 5) is 13.7. The van der Waals surface area contributed by atoms with Crippen molar-refractivity contribution in [2.24, 2.45) is 5.14 Å². The van der Waals surface area contributed by atoms with Crippen molar-refractivity contribution >= 4 is 27.5 Å². The van der Waals surface area contributed by atoms with E-state index in [4.69, 9.17) is 16.7 Å². The number of carbonyl (C=O) groups excluding carboxylic acids is 1. The monoisotopic (exact) mass is 302 g/mol. The lowest BCUT2D eigenvalue weighted by Gasteiger charge is -2.34. The molecule has 0 aromatic heterocycles. The van der Waals surface area contributed by atoms with E-state index < -0.39 is 10.0 Å². The fraction of sp³-hybridized carbons (Fsp3) is 0.417. The lowest BCUT2D eigenvalue weighted by Crippen LogP contribution is -2.41. The summed E-state index contributed by atoms with van der Waals surface area (Å²) in [6, 6.07) is 4.17. The van der Waals surface area contributed by atoms with E-state index in [0.717, 1.165) is 19.3 Å². The maximum atomic E-state index is 12.2. The molecule has 1 fully saturated rings. The number of hydrogen-bond donors (Lipinski definition) is 1. The Hall–Kier alpha value is -1.11. The van der Waals surface area contributed by atoms with Gasteiger partial charge in [-0.25, -0.2) is 13.6 Å². The van der Waals surface area contributed by atoms with Gasteiger partial charge in [-0.2, -0.15) is 0 Å². The third kappa shape index (κ3) is 3.08. The molecule has 0 saturated heterocycles. The van der Waals surface area contributed by atoms with Crippen molar-refractivity contribution in [1.29, 1.82) is 0 Å². The fourth-order valence-corrected chi connectivity index (χ4v) is 2.88. The SMILES string of the molecule is CN(C(=O)c1cc(Cl)cc(S(N)(=O)=O)c1)C1CCC1. The van der Waals surface area contributed by atoms with Crippen LogP contribution in [-0.4, -0.2) is 32.3 Å². The Labute approximate surface area is 117 Å². The second-order valence-corrected chi connectivity index (χ2v) is 6.72. The molecule has 1 amide bonds. The van der Waals surface area contributed by atoms with Crippen LogP contribution in [0.15, 0.2) is 23.1 Å². The molecular formula is C12H15ClN2O3S. The Morgan fingerprint density at radius 1 is 1.37 bits per heavy atom. The van der Waals surface area contributed by atoms with Crippen molar-refractivity contribution in [1.82, 2.24) is 4.90 Å². The lowest BCUT2D eigenvalue weighted by molar-refractivity contribution is 0.0652. The van der Waals surface area contributed by atoms with Gasteiger partial charge in [0.1, 0.15) is 0 Å². The molecule has 104 valence electrons. The minimum atomic E-state index is -3.87. The summed E-state index contributed by atoms with van der Waals surface area (Å²) in [6.45, 7) is 0. The molecule has 1 aliphatic carbocycles. The van der Waals surface area contributed by atoms with Gasteiger partial charge in [0.25, 0.3) is 5.91 Å². The van der Waals surface area contributed by atoms with Crippen LogP contribution in [0.3, 0.4) is 0 Å². The Bertz CT molecular complexity index is 611. The van der Waals surface area contributed by atoms with Gasteiger partial charge in [-0.3, -0.25) is 4.79 Å². The molecule has 0 aliphatic heterocycles. The molecule has 7 heteroatoms. The predicted octanol–water partition coefficient (Wildman–Crippen LogP) is 1.61. The van der Waals surface area contributed by atoms with Crippen LogP contribution < -0.4 is 5.14 Å². The molecule has 0 atom stereocenters. The minimum Gasteiger partial charge on any atom is -0.339 e. The normalized spacial score (nSPS) is 15.9. The maximum Gasteiger partial charge on any atom is 0.253 e. The van der Waals surface area contributed by atoms with Crippen LogP contribution >= 0.6 is 11.6 Å². The molecule has 2 N–H and O–H groups in total. The first kappa shape index (κ1) is 14.3. The van der Waals surface area contributed by atoms with E-state index >= 15 is 0 Å². The van der Waals surface area contributed by atoms with Crippen LogP contribution in [0.4, 0.5) is 0 Å². The topological polar surface area (TPSA) is 80.5 Å². The Morgan fingerprint density at radius 2 is 2.00 bits per heavy atom. The van der Waals surface area contributed by atoms with E-state index in [0.29, 0.717) is 0 Å². The largest absolute Gasteiger partial charge is 0.339 e. The zero-order valence-corrected chi connectivity index (χ0v) is 12.0. The average Bonchev–Trinajstić information content (AvgIpc) is 2.23. The van der Waals surface area contributed by atoms with Gasteiger partial charge in [0.2, 0.25) is 10.0 Å². The van der Waals surface area contributed by atoms with Crippen LogP contribution in [0.25, 0.3) is 0 Å². The number of nitrogens with two attached hydrogens (primary N) is 1. The minimum absolute atomic E-state index is 0.148. The number of nitrogens with zero attached hydrogens (tertiary/aromatic N) is 1. The highest BCUT2D eigenvalue weighted by molar-refractivity contribution is 7.89. The van der Waals surface area contributed by atoms with E-state index in [1.54, 1.807) is 11.9 Å². The molecule has 0 unspecified atom stereocenters. The molecule has 1 aromatic carbocycles. The highest BCUT2D eigenvalue weighted by atomic mass is 35.5. The van der Waals surface area contributed by atoms with Gasteiger partial charge in [-0.05, 0) is 37.5 Å². The van der Waals surface area contributed by atoms with E-state index in [-0.39, 0.29) is 27.4 Å². The Morgan fingerprint density at radius 3 is 2.47 bits per heavy atom. The van der Waals surface area contributed by atoms with Crippen LogP contribution in [0.5, 0.6) is 0 Å². The predicted molar refractivity (Wildman–Crippen MR) is 72.6 cm³/mol. The van der Waals surface area contributed by atoms with Crippen molar-refractivity contribution in [3.63, 3.8) is 0 Å². The number of rotatable bonds is 3. The van der Waals surface area contributed by atoms with Gasteiger partial charge in [-0.15, -0.1) is 0 Å². The van der Waals surface area contributed by atoms with E-state index in [2.05, 4.69) is 0 Å². The van der Waals surface area contributed by atoms with Crippen LogP contribution in [0.1, 0.15) is 29.6 Å². The highest BCUT2D eigenvalue weighted by Gasteiger charge is 2.27. The number of hydrogen-bond acceptors (Lipinski definition) is 3. The second kappa shape index (κ2) is 5.11.